The molecule has 1 N–H and O–H groups in total. The fourth-order valence-electron chi connectivity index (χ4n) is 1.56. The molecule has 0 spiro atoms. The minimum atomic E-state index is 0.802. The molecule has 0 radical (unpaired) electrons. The van der Waals surface area contributed by atoms with Gasteiger partial charge in [0.05, 0.1) is 0 Å². The van der Waals surface area contributed by atoms with Gasteiger partial charge in [0, 0.05) is 19.6 Å². The van der Waals surface area contributed by atoms with Gasteiger partial charge in [0.1, 0.15) is 0 Å². The lowest BCUT2D eigenvalue weighted by atomic mass is 10.1. The van der Waals surface area contributed by atoms with E-state index in [2.05, 4.69) is 47.9 Å². The van der Waals surface area contributed by atoms with Crippen molar-refractivity contribution >= 4 is 11.3 Å². The van der Waals surface area contributed by atoms with E-state index in [1.54, 1.807) is 11.3 Å². The van der Waals surface area contributed by atoms with Crippen LogP contribution < -0.4 is 5.32 Å². The molecule has 0 saturated heterocycles. The third-order valence-electron chi connectivity index (χ3n) is 2.60. The minimum Gasteiger partial charge on any atom is -0.315 e. The Labute approximate surface area is 104 Å². The lowest BCUT2D eigenvalue weighted by Crippen LogP contribution is -2.29. The number of hydrogen-bond acceptors (Lipinski definition) is 3. The van der Waals surface area contributed by atoms with E-state index in [1.807, 2.05) is 0 Å². The standard InChI is InChI=1S/C13H24N2S/c1-12(2)4-6-14-7-8-15(3)10-13-5-9-16-11-13/h5,9,11-12,14H,4,6-8,10H2,1-3H3. The lowest BCUT2D eigenvalue weighted by molar-refractivity contribution is 0.323. The smallest absolute Gasteiger partial charge is 0.0239 e. The normalized spacial score (nSPS) is 11.6. The second kappa shape index (κ2) is 7.82. The van der Waals surface area contributed by atoms with Crippen LogP contribution in [-0.2, 0) is 6.54 Å². The molecule has 0 atom stereocenters. The molecule has 0 saturated carbocycles. The Hall–Kier alpha value is -0.380. The van der Waals surface area contributed by atoms with Crippen LogP contribution in [0.3, 0.4) is 0 Å². The van der Waals surface area contributed by atoms with Gasteiger partial charge in [-0.25, -0.2) is 0 Å². The van der Waals surface area contributed by atoms with E-state index in [0.29, 0.717) is 0 Å². The molecule has 92 valence electrons. The van der Waals surface area contributed by atoms with Gasteiger partial charge in [0.15, 0.2) is 0 Å². The number of rotatable bonds is 8. The van der Waals surface area contributed by atoms with Crippen molar-refractivity contribution in [3.05, 3.63) is 22.4 Å². The molecule has 1 aromatic heterocycles. The van der Waals surface area contributed by atoms with Crippen molar-refractivity contribution in [2.24, 2.45) is 5.92 Å². The number of hydrogen-bond donors (Lipinski definition) is 1. The molecule has 3 heteroatoms. The SMILES string of the molecule is CC(C)CCNCCN(C)Cc1ccsc1. The number of nitrogens with one attached hydrogen (secondary N) is 1. The van der Waals surface area contributed by atoms with Crippen LogP contribution in [0.2, 0.25) is 0 Å². The van der Waals surface area contributed by atoms with Crippen LogP contribution in [0.5, 0.6) is 0 Å². The van der Waals surface area contributed by atoms with Crippen LogP contribution in [0.25, 0.3) is 0 Å². The Morgan fingerprint density at radius 2 is 2.19 bits per heavy atom. The second-order valence-electron chi connectivity index (χ2n) is 4.80. The summed E-state index contributed by atoms with van der Waals surface area (Å²) in [6.07, 6.45) is 1.27. The van der Waals surface area contributed by atoms with Gasteiger partial charge in [0.2, 0.25) is 0 Å². The van der Waals surface area contributed by atoms with Crippen molar-refractivity contribution in [1.82, 2.24) is 10.2 Å². The van der Waals surface area contributed by atoms with E-state index in [1.165, 1.54) is 12.0 Å². The fraction of sp³-hybridized carbons (Fsp3) is 0.692. The highest BCUT2D eigenvalue weighted by molar-refractivity contribution is 7.07. The minimum absolute atomic E-state index is 0.802. The summed E-state index contributed by atoms with van der Waals surface area (Å²) in [4.78, 5) is 2.37. The molecule has 0 aliphatic carbocycles. The van der Waals surface area contributed by atoms with Crippen molar-refractivity contribution in [3.63, 3.8) is 0 Å². The first-order valence-corrected chi connectivity index (χ1v) is 7.03. The Kier molecular flexibility index (Phi) is 6.69. The summed E-state index contributed by atoms with van der Waals surface area (Å²) in [6.45, 7) is 8.95. The van der Waals surface area contributed by atoms with E-state index in [0.717, 1.165) is 32.1 Å². The summed E-state index contributed by atoms with van der Waals surface area (Å²) in [6, 6.07) is 2.20. The molecule has 0 bridgehead atoms. The van der Waals surface area contributed by atoms with Gasteiger partial charge in [-0.2, -0.15) is 11.3 Å². The predicted molar refractivity (Wildman–Crippen MR) is 73.0 cm³/mol. The molecule has 0 aliphatic heterocycles. The highest BCUT2D eigenvalue weighted by Crippen LogP contribution is 2.07. The number of nitrogens with zero attached hydrogens (tertiary/aromatic N) is 1. The number of thiophene rings is 1. The summed E-state index contributed by atoms with van der Waals surface area (Å²) < 4.78 is 0. The van der Waals surface area contributed by atoms with Crippen molar-refractivity contribution in [3.8, 4) is 0 Å². The van der Waals surface area contributed by atoms with Crippen molar-refractivity contribution < 1.29 is 0 Å². The van der Waals surface area contributed by atoms with E-state index < -0.39 is 0 Å². The number of likely N-dealkylation sites (N-methyl/N-ethyl adjacent to an activating group) is 1. The summed E-state index contributed by atoms with van der Waals surface area (Å²) in [7, 11) is 2.18. The van der Waals surface area contributed by atoms with Gasteiger partial charge in [-0.3, -0.25) is 0 Å². The Bertz CT molecular complexity index is 257. The van der Waals surface area contributed by atoms with Gasteiger partial charge in [-0.15, -0.1) is 0 Å². The highest BCUT2D eigenvalue weighted by Gasteiger charge is 2.00. The molecule has 0 aliphatic rings. The molecule has 0 unspecified atom stereocenters. The lowest BCUT2D eigenvalue weighted by Gasteiger charge is -2.16. The Morgan fingerprint density at radius 3 is 2.81 bits per heavy atom. The van der Waals surface area contributed by atoms with E-state index in [4.69, 9.17) is 0 Å². The van der Waals surface area contributed by atoms with Gasteiger partial charge in [-0.05, 0) is 48.3 Å². The first-order chi connectivity index (χ1) is 7.68. The van der Waals surface area contributed by atoms with Crippen LogP contribution in [-0.4, -0.2) is 31.6 Å². The van der Waals surface area contributed by atoms with E-state index in [-0.39, 0.29) is 0 Å². The molecule has 0 fully saturated rings. The van der Waals surface area contributed by atoms with Crippen molar-refractivity contribution in [2.75, 3.05) is 26.7 Å². The topological polar surface area (TPSA) is 15.3 Å². The quantitative estimate of drug-likeness (QED) is 0.703. The first-order valence-electron chi connectivity index (χ1n) is 6.09. The third kappa shape index (κ3) is 6.26. The molecule has 0 amide bonds. The van der Waals surface area contributed by atoms with Crippen LogP contribution >= 0.6 is 11.3 Å². The maximum absolute atomic E-state index is 3.49. The maximum Gasteiger partial charge on any atom is 0.0239 e. The van der Waals surface area contributed by atoms with Crippen LogP contribution in [0.1, 0.15) is 25.8 Å². The molecular weight excluding hydrogens is 216 g/mol. The zero-order valence-electron chi connectivity index (χ0n) is 10.7. The van der Waals surface area contributed by atoms with Crippen molar-refractivity contribution in [2.45, 2.75) is 26.8 Å². The summed E-state index contributed by atoms with van der Waals surface area (Å²) >= 11 is 1.77. The first kappa shape index (κ1) is 13.7. The fourth-order valence-corrected chi connectivity index (χ4v) is 2.22. The second-order valence-corrected chi connectivity index (χ2v) is 5.58. The monoisotopic (exact) mass is 240 g/mol. The van der Waals surface area contributed by atoms with Crippen LogP contribution in [0.15, 0.2) is 16.8 Å². The maximum atomic E-state index is 3.49. The molecule has 1 heterocycles. The molecule has 2 nitrogen and oxygen atoms in total. The Morgan fingerprint density at radius 1 is 1.38 bits per heavy atom. The average Bonchev–Trinajstić information content (AvgIpc) is 2.69. The van der Waals surface area contributed by atoms with Gasteiger partial charge in [-0.1, -0.05) is 13.8 Å². The van der Waals surface area contributed by atoms with E-state index in [9.17, 15) is 0 Å². The zero-order chi connectivity index (χ0) is 11.8. The predicted octanol–water partition coefficient (Wildman–Crippen LogP) is 2.82. The average molecular weight is 240 g/mol. The zero-order valence-corrected chi connectivity index (χ0v) is 11.5. The molecule has 0 aromatic carbocycles. The third-order valence-corrected chi connectivity index (χ3v) is 3.33. The van der Waals surface area contributed by atoms with Gasteiger partial charge in [0.25, 0.3) is 0 Å². The van der Waals surface area contributed by atoms with Crippen LogP contribution in [0.4, 0.5) is 0 Å². The molecule has 16 heavy (non-hydrogen) atoms. The molecule has 1 aromatic rings. The largest absolute Gasteiger partial charge is 0.315 e. The summed E-state index contributed by atoms with van der Waals surface area (Å²) in [5.74, 6) is 0.802. The molecular formula is C13H24N2S. The molecule has 1 rings (SSSR count). The highest BCUT2D eigenvalue weighted by atomic mass is 32.1. The summed E-state index contributed by atoms with van der Waals surface area (Å²) in [5, 5.41) is 7.86. The van der Waals surface area contributed by atoms with Crippen molar-refractivity contribution in [1.29, 1.82) is 0 Å². The summed E-state index contributed by atoms with van der Waals surface area (Å²) in [5.41, 5.74) is 1.43. The van der Waals surface area contributed by atoms with Gasteiger partial charge >= 0.3 is 0 Å². The van der Waals surface area contributed by atoms with Crippen LogP contribution in [0, 0.1) is 5.92 Å². The Balaban J connectivity index is 2.00. The van der Waals surface area contributed by atoms with E-state index >= 15 is 0 Å². The van der Waals surface area contributed by atoms with Gasteiger partial charge < -0.3 is 10.2 Å².